The first-order valence-electron chi connectivity index (χ1n) is 11.7. The topological polar surface area (TPSA) is 105 Å². The zero-order valence-corrected chi connectivity index (χ0v) is 21.0. The Kier molecular flexibility index (Phi) is 8.11. The van der Waals surface area contributed by atoms with Gasteiger partial charge in [0.25, 0.3) is 0 Å². The third kappa shape index (κ3) is 6.15. The molecule has 0 bridgehead atoms. The van der Waals surface area contributed by atoms with E-state index in [4.69, 9.17) is 4.74 Å². The van der Waals surface area contributed by atoms with Crippen LogP contribution in [0.2, 0.25) is 0 Å². The number of sulfonamides is 1. The van der Waals surface area contributed by atoms with Crippen molar-refractivity contribution < 1.29 is 21.9 Å². The summed E-state index contributed by atoms with van der Waals surface area (Å²) >= 11 is 0. The molecule has 1 saturated heterocycles. The zero-order chi connectivity index (χ0) is 25.7. The smallest absolute Gasteiger partial charge is 0.232 e. The second kappa shape index (κ2) is 11.3. The van der Waals surface area contributed by atoms with Gasteiger partial charge in [-0.2, -0.15) is 0 Å². The van der Waals surface area contributed by atoms with Crippen LogP contribution in [-0.4, -0.2) is 85.5 Å². The maximum Gasteiger partial charge on any atom is 0.232 e. The molecular weight excluding hydrogens is 492 g/mol. The Labute approximate surface area is 208 Å². The van der Waals surface area contributed by atoms with Crippen molar-refractivity contribution in [2.75, 3.05) is 61.8 Å². The Morgan fingerprint density at radius 2 is 1.97 bits per heavy atom. The minimum atomic E-state index is -3.76. The number of pyridine rings is 1. The number of hydrogen-bond acceptors (Lipinski definition) is 8. The zero-order valence-electron chi connectivity index (χ0n) is 20.2. The van der Waals surface area contributed by atoms with Gasteiger partial charge in [0.05, 0.1) is 42.7 Å². The van der Waals surface area contributed by atoms with Crippen molar-refractivity contribution in [3.8, 4) is 16.9 Å². The number of aromatic nitrogens is 4. The standard InChI is InChI=1S/C23H29F2N7O3S/c1-3-12-36(33,34)28-20-5-4-19(24)23(22(20)25)32-16-21(27-29-32)17-13-18(15-26-14-17)30(2)6-7-31-8-10-35-11-9-31/h4-5,13-16,28H,3,6-12H2,1-2H3. The number of ether oxygens (including phenoxy) is 1. The van der Waals surface area contributed by atoms with Crippen LogP contribution in [0.1, 0.15) is 13.3 Å². The predicted octanol–water partition coefficient (Wildman–Crippen LogP) is 2.53. The summed E-state index contributed by atoms with van der Waals surface area (Å²) in [6, 6.07) is 3.90. The van der Waals surface area contributed by atoms with Gasteiger partial charge in [0.2, 0.25) is 10.0 Å². The molecule has 3 aromatic rings. The van der Waals surface area contributed by atoms with Gasteiger partial charge in [-0.3, -0.25) is 14.6 Å². The minimum absolute atomic E-state index is 0.184. The van der Waals surface area contributed by atoms with Crippen molar-refractivity contribution in [3.63, 3.8) is 0 Å². The normalized spacial score (nSPS) is 14.7. The fourth-order valence-electron chi connectivity index (χ4n) is 3.84. The average Bonchev–Trinajstić information content (AvgIpc) is 3.35. The Morgan fingerprint density at radius 3 is 2.72 bits per heavy atom. The number of likely N-dealkylation sites (N-methyl/N-ethyl adjacent to an activating group) is 1. The molecule has 194 valence electrons. The van der Waals surface area contributed by atoms with Gasteiger partial charge in [-0.1, -0.05) is 12.1 Å². The summed E-state index contributed by atoms with van der Waals surface area (Å²) < 4.78 is 62.3. The van der Waals surface area contributed by atoms with E-state index in [1.165, 1.54) is 6.20 Å². The highest BCUT2D eigenvalue weighted by Gasteiger charge is 2.21. The number of benzene rings is 1. The number of nitrogens with one attached hydrogen (secondary N) is 1. The molecule has 1 aliphatic heterocycles. The van der Waals surface area contributed by atoms with Crippen LogP contribution in [0.25, 0.3) is 16.9 Å². The second-order valence-electron chi connectivity index (χ2n) is 8.53. The van der Waals surface area contributed by atoms with Crippen LogP contribution in [0.3, 0.4) is 0 Å². The van der Waals surface area contributed by atoms with Crippen molar-refractivity contribution in [2.45, 2.75) is 13.3 Å². The Balaban J connectivity index is 1.53. The maximum atomic E-state index is 15.1. The quantitative estimate of drug-likeness (QED) is 0.434. The molecule has 0 unspecified atom stereocenters. The second-order valence-corrected chi connectivity index (χ2v) is 10.4. The Morgan fingerprint density at radius 1 is 1.19 bits per heavy atom. The van der Waals surface area contributed by atoms with Crippen LogP contribution < -0.4 is 9.62 Å². The summed E-state index contributed by atoms with van der Waals surface area (Å²) in [7, 11) is -1.80. The summed E-state index contributed by atoms with van der Waals surface area (Å²) in [4.78, 5) is 8.70. The molecule has 2 aromatic heterocycles. The number of halogens is 2. The third-order valence-corrected chi connectivity index (χ3v) is 7.32. The lowest BCUT2D eigenvalue weighted by Crippen LogP contribution is -2.40. The largest absolute Gasteiger partial charge is 0.379 e. The van der Waals surface area contributed by atoms with E-state index in [9.17, 15) is 12.8 Å². The average molecular weight is 522 g/mol. The first kappa shape index (κ1) is 25.9. The molecule has 36 heavy (non-hydrogen) atoms. The monoisotopic (exact) mass is 521 g/mol. The van der Waals surface area contributed by atoms with E-state index in [1.807, 2.05) is 13.1 Å². The molecular formula is C23H29F2N7O3S. The van der Waals surface area contributed by atoms with Crippen molar-refractivity contribution in [2.24, 2.45) is 0 Å². The van der Waals surface area contributed by atoms with Gasteiger partial charge in [-0.15, -0.1) is 5.10 Å². The molecule has 0 amide bonds. The van der Waals surface area contributed by atoms with E-state index in [0.29, 0.717) is 17.7 Å². The van der Waals surface area contributed by atoms with E-state index in [0.717, 1.165) is 61.9 Å². The first-order chi connectivity index (χ1) is 17.3. The lowest BCUT2D eigenvalue weighted by molar-refractivity contribution is 0.0393. The number of nitrogens with zero attached hydrogens (tertiary/aromatic N) is 6. The molecule has 0 saturated carbocycles. The van der Waals surface area contributed by atoms with Crippen molar-refractivity contribution in [1.29, 1.82) is 0 Å². The highest BCUT2D eigenvalue weighted by molar-refractivity contribution is 7.92. The summed E-state index contributed by atoms with van der Waals surface area (Å²) in [6.07, 6.45) is 5.06. The minimum Gasteiger partial charge on any atom is -0.379 e. The van der Waals surface area contributed by atoms with Gasteiger partial charge in [0, 0.05) is 45.0 Å². The molecule has 13 heteroatoms. The fraction of sp³-hybridized carbons (Fsp3) is 0.435. The van der Waals surface area contributed by atoms with E-state index in [1.54, 1.807) is 19.3 Å². The molecule has 0 atom stereocenters. The highest BCUT2D eigenvalue weighted by Crippen LogP contribution is 2.27. The van der Waals surface area contributed by atoms with E-state index >= 15 is 4.39 Å². The van der Waals surface area contributed by atoms with Gasteiger partial charge in [0.15, 0.2) is 11.6 Å². The van der Waals surface area contributed by atoms with Gasteiger partial charge >= 0.3 is 0 Å². The fourth-order valence-corrected chi connectivity index (χ4v) is 4.98. The molecule has 1 N–H and O–H groups in total. The van der Waals surface area contributed by atoms with Crippen LogP contribution in [0.15, 0.2) is 36.8 Å². The van der Waals surface area contributed by atoms with Crippen molar-refractivity contribution >= 4 is 21.4 Å². The molecule has 0 spiro atoms. The van der Waals surface area contributed by atoms with Gasteiger partial charge < -0.3 is 9.64 Å². The number of rotatable bonds is 10. The lowest BCUT2D eigenvalue weighted by atomic mass is 10.2. The SMILES string of the molecule is CCCS(=O)(=O)Nc1ccc(F)c(-n2cc(-c3cncc(N(C)CCN4CCOCC4)c3)nn2)c1F. The molecule has 1 fully saturated rings. The maximum absolute atomic E-state index is 15.1. The summed E-state index contributed by atoms with van der Waals surface area (Å²) in [5, 5.41) is 7.94. The van der Waals surface area contributed by atoms with E-state index < -0.39 is 27.3 Å². The van der Waals surface area contributed by atoms with Crippen LogP contribution in [0.5, 0.6) is 0 Å². The van der Waals surface area contributed by atoms with E-state index in [-0.39, 0.29) is 11.4 Å². The van der Waals surface area contributed by atoms with Gasteiger partial charge in [-0.25, -0.2) is 21.9 Å². The lowest BCUT2D eigenvalue weighted by Gasteiger charge is -2.29. The van der Waals surface area contributed by atoms with Crippen LogP contribution >= 0.6 is 0 Å². The van der Waals surface area contributed by atoms with Crippen molar-refractivity contribution in [3.05, 3.63) is 48.4 Å². The molecule has 0 aliphatic carbocycles. The van der Waals surface area contributed by atoms with Crippen LogP contribution in [-0.2, 0) is 14.8 Å². The third-order valence-electron chi connectivity index (χ3n) is 5.84. The molecule has 10 nitrogen and oxygen atoms in total. The van der Waals surface area contributed by atoms with Crippen molar-refractivity contribution in [1.82, 2.24) is 24.9 Å². The van der Waals surface area contributed by atoms with Crippen LogP contribution in [0, 0.1) is 11.6 Å². The van der Waals surface area contributed by atoms with Crippen LogP contribution in [0.4, 0.5) is 20.2 Å². The Hall–Kier alpha value is -3.16. The Bertz CT molecular complexity index is 1300. The predicted molar refractivity (Wildman–Crippen MR) is 133 cm³/mol. The molecule has 4 rings (SSSR count). The number of anilines is 2. The first-order valence-corrected chi connectivity index (χ1v) is 13.3. The molecule has 3 heterocycles. The number of morpholine rings is 1. The molecule has 1 aliphatic rings. The summed E-state index contributed by atoms with van der Waals surface area (Å²) in [5.41, 5.74) is 0.957. The molecule has 0 radical (unpaired) electrons. The van der Waals surface area contributed by atoms with Gasteiger partial charge in [-0.05, 0) is 24.6 Å². The summed E-state index contributed by atoms with van der Waals surface area (Å²) in [6.45, 7) is 6.66. The molecule has 1 aromatic carbocycles. The summed E-state index contributed by atoms with van der Waals surface area (Å²) in [5.74, 6) is -2.17. The van der Waals surface area contributed by atoms with Gasteiger partial charge in [0.1, 0.15) is 11.4 Å². The van der Waals surface area contributed by atoms with E-state index in [2.05, 4.69) is 29.8 Å². The number of hydrogen-bond donors (Lipinski definition) is 1. The highest BCUT2D eigenvalue weighted by atomic mass is 32.2.